The first-order chi connectivity index (χ1) is 10.3. The molecule has 2 aliphatic rings. The molecular weight excluding hydrogens is 268 g/mol. The van der Waals surface area contributed by atoms with Crippen molar-refractivity contribution in [2.45, 2.75) is 12.1 Å². The summed E-state index contributed by atoms with van der Waals surface area (Å²) in [6, 6.07) is 14.7. The van der Waals surface area contributed by atoms with E-state index < -0.39 is 6.04 Å². The molecule has 5 nitrogen and oxygen atoms in total. The second-order valence-corrected chi connectivity index (χ2v) is 5.13. The molecule has 2 aromatic rings. The van der Waals surface area contributed by atoms with Gasteiger partial charge in [-0.05, 0) is 17.7 Å². The summed E-state index contributed by atoms with van der Waals surface area (Å²) in [5.41, 5.74) is 7.80. The van der Waals surface area contributed by atoms with Crippen molar-refractivity contribution in [3.63, 3.8) is 0 Å². The molecule has 2 atom stereocenters. The fourth-order valence-corrected chi connectivity index (χ4v) is 2.84. The van der Waals surface area contributed by atoms with Crippen LogP contribution < -0.4 is 20.1 Å². The van der Waals surface area contributed by atoms with Gasteiger partial charge in [0.1, 0.15) is 6.04 Å². The average molecular weight is 282 g/mol. The van der Waals surface area contributed by atoms with Gasteiger partial charge in [0, 0.05) is 11.8 Å². The van der Waals surface area contributed by atoms with Crippen LogP contribution in [0.5, 0.6) is 11.5 Å². The summed E-state index contributed by atoms with van der Waals surface area (Å²) in [6.07, 6.45) is 0. The summed E-state index contributed by atoms with van der Waals surface area (Å²) in [4.78, 5) is 13.9. The first kappa shape index (κ1) is 12.2. The first-order valence-corrected chi connectivity index (χ1v) is 6.79. The molecule has 0 spiro atoms. The third-order valence-electron chi connectivity index (χ3n) is 3.92. The lowest BCUT2D eigenvalue weighted by Gasteiger charge is -2.45. The summed E-state index contributed by atoms with van der Waals surface area (Å²) < 4.78 is 10.7. The van der Waals surface area contributed by atoms with Gasteiger partial charge in [0.05, 0.1) is 6.04 Å². The number of rotatable bonds is 2. The number of amides is 1. The van der Waals surface area contributed by atoms with Crippen molar-refractivity contribution in [2.24, 2.45) is 5.73 Å². The highest BCUT2D eigenvalue weighted by Gasteiger charge is 2.46. The van der Waals surface area contributed by atoms with Crippen molar-refractivity contribution < 1.29 is 14.3 Å². The van der Waals surface area contributed by atoms with Gasteiger partial charge in [-0.25, -0.2) is 0 Å². The van der Waals surface area contributed by atoms with E-state index in [4.69, 9.17) is 15.2 Å². The van der Waals surface area contributed by atoms with Crippen LogP contribution in [0.4, 0.5) is 5.69 Å². The number of hydrogen-bond donors (Lipinski definition) is 1. The molecule has 2 aliphatic heterocycles. The minimum Gasteiger partial charge on any atom is -0.454 e. The van der Waals surface area contributed by atoms with Crippen LogP contribution in [-0.4, -0.2) is 18.7 Å². The molecule has 0 radical (unpaired) electrons. The van der Waals surface area contributed by atoms with E-state index in [1.807, 2.05) is 48.5 Å². The SMILES string of the molecule is NC1C(=O)N(c2ccc3c(c2)OCO3)C1c1ccccc1. The Balaban J connectivity index is 1.71. The lowest BCUT2D eigenvalue weighted by Crippen LogP contribution is -2.63. The smallest absolute Gasteiger partial charge is 0.247 e. The predicted molar refractivity (Wildman–Crippen MR) is 77.2 cm³/mol. The molecule has 21 heavy (non-hydrogen) atoms. The molecule has 106 valence electrons. The normalized spacial score (nSPS) is 23.1. The van der Waals surface area contributed by atoms with Gasteiger partial charge < -0.3 is 20.1 Å². The fraction of sp³-hybridized carbons (Fsp3) is 0.188. The Hall–Kier alpha value is -2.53. The number of hydrogen-bond acceptors (Lipinski definition) is 4. The van der Waals surface area contributed by atoms with E-state index in [1.54, 1.807) is 4.90 Å². The van der Waals surface area contributed by atoms with Gasteiger partial charge >= 0.3 is 0 Å². The van der Waals surface area contributed by atoms with Crippen LogP contribution in [0.15, 0.2) is 48.5 Å². The third kappa shape index (κ3) is 1.78. The number of benzene rings is 2. The minimum atomic E-state index is -0.502. The molecule has 1 amide bonds. The molecule has 2 heterocycles. The maximum atomic E-state index is 12.2. The van der Waals surface area contributed by atoms with Crippen LogP contribution in [0.3, 0.4) is 0 Å². The van der Waals surface area contributed by atoms with E-state index in [0.29, 0.717) is 11.5 Å². The number of anilines is 1. The Labute approximate surface area is 121 Å². The lowest BCUT2D eigenvalue weighted by atomic mass is 9.88. The summed E-state index contributed by atoms with van der Waals surface area (Å²) in [5.74, 6) is 1.28. The van der Waals surface area contributed by atoms with Crippen LogP contribution in [0, 0.1) is 0 Å². The van der Waals surface area contributed by atoms with Crippen LogP contribution in [0.2, 0.25) is 0 Å². The molecule has 2 aromatic carbocycles. The summed E-state index contributed by atoms with van der Waals surface area (Å²) in [6.45, 7) is 0.217. The van der Waals surface area contributed by atoms with Crippen LogP contribution >= 0.6 is 0 Å². The molecule has 0 aromatic heterocycles. The second-order valence-electron chi connectivity index (χ2n) is 5.13. The van der Waals surface area contributed by atoms with E-state index in [1.165, 1.54) is 0 Å². The highest BCUT2D eigenvalue weighted by atomic mass is 16.7. The summed E-state index contributed by atoms with van der Waals surface area (Å²) in [5, 5.41) is 0. The molecule has 5 heteroatoms. The Morgan fingerprint density at radius 3 is 2.62 bits per heavy atom. The topological polar surface area (TPSA) is 64.8 Å². The number of nitrogens with two attached hydrogens (primary N) is 1. The second kappa shape index (κ2) is 4.49. The zero-order valence-corrected chi connectivity index (χ0v) is 11.2. The van der Waals surface area contributed by atoms with Gasteiger partial charge in [0.25, 0.3) is 0 Å². The number of ether oxygens (including phenoxy) is 2. The van der Waals surface area contributed by atoms with Gasteiger partial charge in [-0.3, -0.25) is 4.79 Å². The highest BCUT2D eigenvalue weighted by molar-refractivity contribution is 6.05. The molecule has 0 aliphatic carbocycles. The van der Waals surface area contributed by atoms with Crippen LogP contribution in [0.1, 0.15) is 11.6 Å². The molecule has 1 fully saturated rings. The van der Waals surface area contributed by atoms with Gasteiger partial charge in [-0.15, -0.1) is 0 Å². The van der Waals surface area contributed by atoms with E-state index in [-0.39, 0.29) is 18.7 Å². The molecule has 4 rings (SSSR count). The summed E-state index contributed by atoms with van der Waals surface area (Å²) in [7, 11) is 0. The molecule has 0 saturated carbocycles. The van der Waals surface area contributed by atoms with Crippen molar-refractivity contribution in [1.29, 1.82) is 0 Å². The Morgan fingerprint density at radius 1 is 1.05 bits per heavy atom. The maximum absolute atomic E-state index is 12.2. The maximum Gasteiger partial charge on any atom is 0.247 e. The minimum absolute atomic E-state index is 0.0808. The monoisotopic (exact) mass is 282 g/mol. The lowest BCUT2D eigenvalue weighted by molar-refractivity contribution is -0.126. The van der Waals surface area contributed by atoms with Gasteiger partial charge in [-0.2, -0.15) is 0 Å². The zero-order chi connectivity index (χ0) is 14.4. The first-order valence-electron chi connectivity index (χ1n) is 6.79. The number of fused-ring (bicyclic) bond motifs is 1. The Kier molecular flexibility index (Phi) is 2.62. The van der Waals surface area contributed by atoms with E-state index >= 15 is 0 Å². The van der Waals surface area contributed by atoms with Crippen LogP contribution in [-0.2, 0) is 4.79 Å². The van der Waals surface area contributed by atoms with E-state index in [9.17, 15) is 4.79 Å². The molecule has 1 saturated heterocycles. The van der Waals surface area contributed by atoms with E-state index in [0.717, 1.165) is 11.3 Å². The van der Waals surface area contributed by atoms with Crippen molar-refractivity contribution in [3.8, 4) is 11.5 Å². The zero-order valence-electron chi connectivity index (χ0n) is 11.2. The fourth-order valence-electron chi connectivity index (χ4n) is 2.84. The molecule has 2 unspecified atom stereocenters. The van der Waals surface area contributed by atoms with Crippen molar-refractivity contribution in [2.75, 3.05) is 11.7 Å². The molecule has 0 bridgehead atoms. The summed E-state index contributed by atoms with van der Waals surface area (Å²) >= 11 is 0. The van der Waals surface area contributed by atoms with Crippen molar-refractivity contribution >= 4 is 11.6 Å². The van der Waals surface area contributed by atoms with Gasteiger partial charge in [-0.1, -0.05) is 30.3 Å². The number of β-lactam (4-membered cyclic amide) rings is 1. The van der Waals surface area contributed by atoms with Crippen LogP contribution in [0.25, 0.3) is 0 Å². The number of carbonyl (C=O) groups excluding carboxylic acids is 1. The van der Waals surface area contributed by atoms with Crippen molar-refractivity contribution in [1.82, 2.24) is 0 Å². The van der Waals surface area contributed by atoms with Gasteiger partial charge in [0.15, 0.2) is 11.5 Å². The highest BCUT2D eigenvalue weighted by Crippen LogP contribution is 2.42. The Morgan fingerprint density at radius 2 is 1.81 bits per heavy atom. The standard InChI is InChI=1S/C16H14N2O3/c17-14-15(10-4-2-1-3-5-10)18(16(14)19)11-6-7-12-13(8-11)21-9-20-12/h1-8,14-15H,9,17H2. The third-order valence-corrected chi connectivity index (χ3v) is 3.92. The quantitative estimate of drug-likeness (QED) is 0.853. The molecular formula is C16H14N2O3. The van der Waals surface area contributed by atoms with E-state index in [2.05, 4.69) is 0 Å². The largest absolute Gasteiger partial charge is 0.454 e. The number of nitrogens with zero attached hydrogens (tertiary/aromatic N) is 1. The predicted octanol–water partition coefficient (Wildman–Crippen LogP) is 1.83. The number of carbonyl (C=O) groups is 1. The van der Waals surface area contributed by atoms with Gasteiger partial charge in [0.2, 0.25) is 12.7 Å². The average Bonchev–Trinajstić information content (AvgIpc) is 2.99. The Bertz CT molecular complexity index is 702. The molecule has 2 N–H and O–H groups in total. The van der Waals surface area contributed by atoms with Crippen molar-refractivity contribution in [3.05, 3.63) is 54.1 Å².